The number of rotatable bonds is 5. The first-order chi connectivity index (χ1) is 10.8. The molecular formula is C19H16O3. The van der Waals surface area contributed by atoms with Gasteiger partial charge >= 0.3 is 5.97 Å². The van der Waals surface area contributed by atoms with E-state index < -0.39 is 0 Å². The van der Waals surface area contributed by atoms with E-state index in [0.717, 1.165) is 21.5 Å². The van der Waals surface area contributed by atoms with Crippen LogP contribution in [0.5, 0.6) is 0 Å². The fourth-order valence-electron chi connectivity index (χ4n) is 2.57. The number of fused-ring (bicyclic) bond motifs is 3. The molecule has 0 heterocycles. The molecule has 0 aliphatic carbocycles. The summed E-state index contributed by atoms with van der Waals surface area (Å²) >= 11 is 0. The number of carbonyl (C=O) groups excluding carboxylic acids is 1. The summed E-state index contributed by atoms with van der Waals surface area (Å²) in [6.45, 7) is 3.95. The molecule has 0 N–H and O–H groups in total. The third-order valence-corrected chi connectivity index (χ3v) is 3.54. The van der Waals surface area contributed by atoms with Crippen LogP contribution in [-0.4, -0.2) is 19.2 Å². The van der Waals surface area contributed by atoms with Crippen LogP contribution in [0.4, 0.5) is 0 Å². The molecule has 110 valence electrons. The van der Waals surface area contributed by atoms with E-state index in [1.807, 2.05) is 48.5 Å². The zero-order chi connectivity index (χ0) is 15.4. The fourth-order valence-corrected chi connectivity index (χ4v) is 2.57. The van der Waals surface area contributed by atoms with Crippen molar-refractivity contribution in [1.29, 1.82) is 0 Å². The summed E-state index contributed by atoms with van der Waals surface area (Å²) < 4.78 is 10.2. The standard InChI is InChI=1S/C19H16O3/c1-2-21-11-12-22-19(20)18-13-14-7-3-4-8-15(14)16-9-5-6-10-17(16)18/h2-10,13H,1,11-12H2. The van der Waals surface area contributed by atoms with Crippen molar-refractivity contribution in [3.05, 3.63) is 73.0 Å². The van der Waals surface area contributed by atoms with Crippen molar-refractivity contribution in [3.63, 3.8) is 0 Å². The van der Waals surface area contributed by atoms with Gasteiger partial charge in [0, 0.05) is 0 Å². The van der Waals surface area contributed by atoms with Gasteiger partial charge in [0.15, 0.2) is 0 Å². The zero-order valence-electron chi connectivity index (χ0n) is 12.1. The molecule has 3 rings (SSSR count). The number of hydrogen-bond acceptors (Lipinski definition) is 3. The molecule has 0 radical (unpaired) electrons. The van der Waals surface area contributed by atoms with E-state index >= 15 is 0 Å². The average molecular weight is 292 g/mol. The molecule has 3 nitrogen and oxygen atoms in total. The molecule has 0 spiro atoms. The lowest BCUT2D eigenvalue weighted by molar-refractivity contribution is 0.0423. The number of ether oxygens (including phenoxy) is 2. The molecular weight excluding hydrogens is 276 g/mol. The Bertz CT molecular complexity index is 836. The normalized spacial score (nSPS) is 10.5. The third-order valence-electron chi connectivity index (χ3n) is 3.54. The van der Waals surface area contributed by atoms with Gasteiger partial charge in [-0.2, -0.15) is 0 Å². The van der Waals surface area contributed by atoms with Crippen molar-refractivity contribution < 1.29 is 14.3 Å². The van der Waals surface area contributed by atoms with Gasteiger partial charge in [-0.05, 0) is 27.6 Å². The average Bonchev–Trinajstić information content (AvgIpc) is 2.58. The Hall–Kier alpha value is -2.81. The number of hydrogen-bond donors (Lipinski definition) is 0. The summed E-state index contributed by atoms with van der Waals surface area (Å²) in [5.74, 6) is -0.338. The van der Waals surface area contributed by atoms with Crippen LogP contribution in [0.2, 0.25) is 0 Å². The molecule has 0 amide bonds. The summed E-state index contributed by atoms with van der Waals surface area (Å²) in [6.07, 6.45) is 1.33. The Morgan fingerprint density at radius 2 is 1.64 bits per heavy atom. The Morgan fingerprint density at radius 3 is 2.41 bits per heavy atom. The highest BCUT2D eigenvalue weighted by atomic mass is 16.6. The fraction of sp³-hybridized carbons (Fsp3) is 0.105. The molecule has 22 heavy (non-hydrogen) atoms. The number of esters is 1. The lowest BCUT2D eigenvalue weighted by Gasteiger charge is -2.10. The van der Waals surface area contributed by atoms with E-state index in [0.29, 0.717) is 12.2 Å². The maximum absolute atomic E-state index is 12.4. The van der Waals surface area contributed by atoms with Crippen molar-refractivity contribution in [2.75, 3.05) is 13.2 Å². The Labute approximate surface area is 128 Å². The van der Waals surface area contributed by atoms with Crippen LogP contribution in [0, 0.1) is 0 Å². The minimum Gasteiger partial charge on any atom is -0.498 e. The molecule has 0 aliphatic heterocycles. The lowest BCUT2D eigenvalue weighted by atomic mass is 9.97. The minimum absolute atomic E-state index is 0.200. The molecule has 0 saturated carbocycles. The van der Waals surface area contributed by atoms with Crippen LogP contribution in [0.1, 0.15) is 10.4 Å². The van der Waals surface area contributed by atoms with Gasteiger partial charge in [-0.1, -0.05) is 55.1 Å². The maximum atomic E-state index is 12.4. The van der Waals surface area contributed by atoms with Crippen LogP contribution < -0.4 is 0 Å². The van der Waals surface area contributed by atoms with E-state index in [9.17, 15) is 4.79 Å². The van der Waals surface area contributed by atoms with Crippen molar-refractivity contribution in [2.24, 2.45) is 0 Å². The molecule has 3 heteroatoms. The maximum Gasteiger partial charge on any atom is 0.338 e. The predicted molar refractivity (Wildman–Crippen MR) is 87.9 cm³/mol. The Balaban J connectivity index is 2.03. The molecule has 0 saturated heterocycles. The van der Waals surface area contributed by atoms with Gasteiger partial charge in [0.05, 0.1) is 11.8 Å². The van der Waals surface area contributed by atoms with Crippen molar-refractivity contribution >= 4 is 27.5 Å². The Morgan fingerprint density at radius 1 is 0.955 bits per heavy atom. The second kappa shape index (κ2) is 6.31. The van der Waals surface area contributed by atoms with Gasteiger partial charge in [0.2, 0.25) is 0 Å². The van der Waals surface area contributed by atoms with Crippen molar-refractivity contribution in [1.82, 2.24) is 0 Å². The van der Waals surface area contributed by atoms with Gasteiger partial charge < -0.3 is 9.47 Å². The van der Waals surface area contributed by atoms with E-state index in [1.54, 1.807) is 0 Å². The quantitative estimate of drug-likeness (QED) is 0.304. The summed E-state index contributed by atoms with van der Waals surface area (Å²) in [5, 5.41) is 4.10. The summed E-state index contributed by atoms with van der Waals surface area (Å²) in [5.41, 5.74) is 0.577. The van der Waals surface area contributed by atoms with E-state index in [1.165, 1.54) is 6.26 Å². The monoisotopic (exact) mass is 292 g/mol. The molecule has 3 aromatic rings. The van der Waals surface area contributed by atoms with Gasteiger partial charge in [0.1, 0.15) is 13.2 Å². The molecule has 3 aromatic carbocycles. The van der Waals surface area contributed by atoms with E-state index in [2.05, 4.69) is 12.6 Å². The first kappa shape index (κ1) is 14.1. The van der Waals surface area contributed by atoms with Crippen LogP contribution in [0.3, 0.4) is 0 Å². The molecule has 0 fully saturated rings. The van der Waals surface area contributed by atoms with Crippen molar-refractivity contribution in [2.45, 2.75) is 0 Å². The topological polar surface area (TPSA) is 35.5 Å². The van der Waals surface area contributed by atoms with Crippen LogP contribution in [0.15, 0.2) is 67.4 Å². The predicted octanol–water partition coefficient (Wildman–Crippen LogP) is 4.31. The molecule has 0 aromatic heterocycles. The van der Waals surface area contributed by atoms with Gasteiger partial charge in [-0.25, -0.2) is 4.79 Å². The highest BCUT2D eigenvalue weighted by Gasteiger charge is 2.13. The summed E-state index contributed by atoms with van der Waals surface area (Å²) in [4.78, 5) is 12.4. The molecule has 0 atom stereocenters. The van der Waals surface area contributed by atoms with E-state index in [-0.39, 0.29) is 12.6 Å². The van der Waals surface area contributed by atoms with E-state index in [4.69, 9.17) is 9.47 Å². The smallest absolute Gasteiger partial charge is 0.338 e. The molecule has 0 bridgehead atoms. The van der Waals surface area contributed by atoms with Gasteiger partial charge in [0.25, 0.3) is 0 Å². The number of carbonyl (C=O) groups is 1. The van der Waals surface area contributed by atoms with Crippen LogP contribution in [0.25, 0.3) is 21.5 Å². The highest BCUT2D eigenvalue weighted by Crippen LogP contribution is 2.29. The second-order valence-corrected chi connectivity index (χ2v) is 4.86. The van der Waals surface area contributed by atoms with Gasteiger partial charge in [-0.3, -0.25) is 0 Å². The van der Waals surface area contributed by atoms with Crippen LogP contribution in [-0.2, 0) is 9.47 Å². The largest absolute Gasteiger partial charge is 0.498 e. The lowest BCUT2D eigenvalue weighted by Crippen LogP contribution is -2.10. The first-order valence-corrected chi connectivity index (χ1v) is 7.11. The number of benzene rings is 3. The summed E-state index contributed by atoms with van der Waals surface area (Å²) in [7, 11) is 0. The highest BCUT2D eigenvalue weighted by molar-refractivity contribution is 6.15. The first-order valence-electron chi connectivity index (χ1n) is 7.11. The zero-order valence-corrected chi connectivity index (χ0v) is 12.1. The van der Waals surface area contributed by atoms with Crippen LogP contribution >= 0.6 is 0 Å². The Kier molecular flexibility index (Phi) is 4.05. The van der Waals surface area contributed by atoms with Crippen molar-refractivity contribution in [3.8, 4) is 0 Å². The third kappa shape index (κ3) is 2.66. The summed E-state index contributed by atoms with van der Waals surface area (Å²) in [6, 6.07) is 17.8. The minimum atomic E-state index is -0.338. The molecule has 0 unspecified atom stereocenters. The van der Waals surface area contributed by atoms with Gasteiger partial charge in [-0.15, -0.1) is 0 Å². The SMILES string of the molecule is C=COCCOC(=O)c1cc2ccccc2c2ccccc12. The second-order valence-electron chi connectivity index (χ2n) is 4.86. The molecule has 0 aliphatic rings.